The SMILES string of the molecule is Cc1cc2c3c(cc4c([Si](c5ccccc5)(c5ccccc5)c5ccccc5)cc5c6c(cc1c3c46)B1c3ccc(C(C)C)cc3Oc3cc(C(C)C)cc-5c31)B1c3ccc(C(C)C)cc3Oc3cc(C(C)C)cc-2c31. The maximum atomic E-state index is 7.28. The van der Waals surface area contributed by atoms with Gasteiger partial charge in [0.25, 0.3) is 13.4 Å². The standard InChI is InChI=1S/C71H60B2O2Si/c1-39(2)44-25-27-57-61(32-44)75-64-35-47(42(7)8)31-55-53-38-65(76(48-19-13-10-14-20-48,49-21-15-11-16-22-49)50-23-17-12-18-24-50)56-37-60-66-52(29-43(9)51-36-59(72(57)71(55)64)67(53)69(56)68(51)66)54-30-46(41(5)6)34-63-70(54)73(60)58-28-26-45(40(3)4)33-62(58)74-63/h10-42H,1-9H3. The number of hydrogen-bond acceptors (Lipinski definition) is 2. The molecule has 2 nitrogen and oxygen atoms in total. The minimum absolute atomic E-state index is 0.0126. The minimum atomic E-state index is -3.20. The van der Waals surface area contributed by atoms with E-state index in [0.717, 1.165) is 23.0 Å². The van der Waals surface area contributed by atoms with Crippen LogP contribution in [-0.4, -0.2) is 21.5 Å². The summed E-state index contributed by atoms with van der Waals surface area (Å²) in [5.74, 6) is 5.32. The van der Waals surface area contributed by atoms with E-state index in [-0.39, 0.29) is 13.4 Å². The van der Waals surface area contributed by atoms with Crippen LogP contribution in [0.15, 0.2) is 176 Å². The van der Waals surface area contributed by atoms with Gasteiger partial charge in [-0.2, -0.15) is 0 Å². The lowest BCUT2D eigenvalue weighted by atomic mass is 9.31. The maximum absolute atomic E-state index is 7.28. The average Bonchev–Trinajstić information content (AvgIpc) is 3.24. The fourth-order valence-corrected chi connectivity index (χ4v) is 19.5. The van der Waals surface area contributed by atoms with Crippen LogP contribution in [0.25, 0.3) is 54.6 Å². The van der Waals surface area contributed by atoms with E-state index in [4.69, 9.17) is 9.47 Å². The van der Waals surface area contributed by atoms with E-state index in [0.29, 0.717) is 23.7 Å². The monoisotopic (exact) mass is 994 g/mol. The Morgan fingerprint density at radius 1 is 0.342 bits per heavy atom. The van der Waals surface area contributed by atoms with Crippen molar-refractivity contribution in [3.05, 3.63) is 204 Å². The quantitative estimate of drug-likeness (QED) is 0.0858. The van der Waals surface area contributed by atoms with Crippen LogP contribution in [-0.2, 0) is 0 Å². The molecule has 0 atom stereocenters. The number of fused-ring (bicyclic) bond motifs is 8. The van der Waals surface area contributed by atoms with Gasteiger partial charge in [0.1, 0.15) is 23.0 Å². The Hall–Kier alpha value is -7.59. The van der Waals surface area contributed by atoms with E-state index in [1.807, 2.05) is 0 Å². The molecule has 0 aliphatic carbocycles. The van der Waals surface area contributed by atoms with E-state index < -0.39 is 8.07 Å². The first kappa shape index (κ1) is 45.8. The van der Waals surface area contributed by atoms with Crippen LogP contribution in [0.5, 0.6) is 23.0 Å². The Labute approximate surface area is 449 Å². The predicted molar refractivity (Wildman–Crippen MR) is 328 cm³/mol. The molecular weight excluding hydrogens is 934 g/mol. The van der Waals surface area contributed by atoms with Crippen LogP contribution in [0.2, 0.25) is 0 Å². The van der Waals surface area contributed by atoms with Crippen molar-refractivity contribution >= 4 is 107 Å². The van der Waals surface area contributed by atoms with Crippen molar-refractivity contribution < 1.29 is 9.47 Å². The second kappa shape index (κ2) is 16.5. The van der Waals surface area contributed by atoms with Gasteiger partial charge in [-0.05, 0) is 180 Å². The van der Waals surface area contributed by atoms with Gasteiger partial charge in [-0.15, -0.1) is 0 Å². The number of hydrogen-bond donors (Lipinski definition) is 0. The number of benzene rings is 11. The molecule has 5 heteroatoms. The molecule has 0 bridgehead atoms. The van der Waals surface area contributed by atoms with Gasteiger partial charge in [0.05, 0.1) is 0 Å². The van der Waals surface area contributed by atoms with Crippen molar-refractivity contribution in [2.45, 2.75) is 86.0 Å². The normalized spacial score (nSPS) is 13.7. The third kappa shape index (κ3) is 6.18. The van der Waals surface area contributed by atoms with Crippen LogP contribution in [0, 0.1) is 6.92 Å². The fourth-order valence-electron chi connectivity index (χ4n) is 14.5. The summed E-state index contributed by atoms with van der Waals surface area (Å²) in [6.07, 6.45) is 0. The second-order valence-corrected chi connectivity index (χ2v) is 27.6. The summed E-state index contributed by atoms with van der Waals surface area (Å²) in [4.78, 5) is 0. The van der Waals surface area contributed by atoms with Gasteiger partial charge in [-0.25, -0.2) is 0 Å². The molecule has 0 saturated heterocycles. The first-order valence-corrected chi connectivity index (χ1v) is 29.9. The lowest BCUT2D eigenvalue weighted by Gasteiger charge is -2.40. The topological polar surface area (TPSA) is 18.5 Å². The van der Waals surface area contributed by atoms with Gasteiger partial charge in [0.15, 0.2) is 8.07 Å². The van der Waals surface area contributed by atoms with Crippen LogP contribution >= 0.6 is 0 Å². The molecule has 15 rings (SSSR count). The number of rotatable bonds is 8. The molecule has 0 amide bonds. The van der Waals surface area contributed by atoms with Crippen LogP contribution in [0.4, 0.5) is 0 Å². The summed E-state index contributed by atoms with van der Waals surface area (Å²) >= 11 is 0. The predicted octanol–water partition coefficient (Wildman–Crippen LogP) is 12.0. The molecule has 0 aromatic heterocycles. The highest BCUT2D eigenvalue weighted by Gasteiger charge is 2.48. The van der Waals surface area contributed by atoms with E-state index >= 15 is 0 Å². The zero-order chi connectivity index (χ0) is 51.6. The second-order valence-electron chi connectivity index (χ2n) is 23.8. The third-order valence-electron chi connectivity index (χ3n) is 18.3. The molecule has 11 aromatic carbocycles. The highest BCUT2D eigenvalue weighted by Crippen LogP contribution is 2.48. The largest absolute Gasteiger partial charge is 0.458 e. The molecule has 76 heavy (non-hydrogen) atoms. The molecule has 4 heterocycles. The molecule has 4 aliphatic rings. The zero-order valence-electron chi connectivity index (χ0n) is 45.0. The van der Waals surface area contributed by atoms with Gasteiger partial charge in [-0.1, -0.05) is 218 Å². The smallest absolute Gasteiger partial charge is 0.252 e. The number of aryl methyl sites for hydroxylation is 1. The van der Waals surface area contributed by atoms with Crippen molar-refractivity contribution in [1.29, 1.82) is 0 Å². The van der Waals surface area contributed by atoms with Crippen LogP contribution in [0.1, 0.15) is 107 Å². The highest BCUT2D eigenvalue weighted by molar-refractivity contribution is 7.21. The van der Waals surface area contributed by atoms with Crippen LogP contribution < -0.4 is 63.0 Å². The van der Waals surface area contributed by atoms with Gasteiger partial charge in [0.2, 0.25) is 0 Å². The lowest BCUT2D eigenvalue weighted by Crippen LogP contribution is -2.75. The molecule has 0 fully saturated rings. The Bertz CT molecular complexity index is 4160. The van der Waals surface area contributed by atoms with Crippen LogP contribution in [0.3, 0.4) is 0 Å². The summed E-state index contributed by atoms with van der Waals surface area (Å²) in [6, 6.07) is 69.3. The van der Waals surface area contributed by atoms with Gasteiger partial charge in [0, 0.05) is 0 Å². The Morgan fingerprint density at radius 3 is 1.17 bits per heavy atom. The Kier molecular flexibility index (Phi) is 9.91. The molecule has 0 N–H and O–H groups in total. The molecule has 0 unspecified atom stereocenters. The molecule has 0 spiro atoms. The van der Waals surface area contributed by atoms with Crippen molar-refractivity contribution in [3.8, 4) is 45.3 Å². The maximum Gasteiger partial charge on any atom is 0.252 e. The fraction of sp³-hybridized carbons (Fsp3) is 0.183. The number of ether oxygens (including phenoxy) is 2. The lowest BCUT2D eigenvalue weighted by molar-refractivity contribution is 0.485. The zero-order valence-corrected chi connectivity index (χ0v) is 46.0. The highest BCUT2D eigenvalue weighted by atomic mass is 28.3. The first-order valence-electron chi connectivity index (χ1n) is 27.9. The summed E-state index contributed by atoms with van der Waals surface area (Å²) in [5.41, 5.74) is 19.6. The third-order valence-corrected chi connectivity index (χ3v) is 23.1. The Balaban J connectivity index is 1.20. The summed E-state index contributed by atoms with van der Waals surface area (Å²) in [5, 5.41) is 13.8. The van der Waals surface area contributed by atoms with E-state index in [2.05, 4.69) is 238 Å². The van der Waals surface area contributed by atoms with Crippen molar-refractivity contribution in [1.82, 2.24) is 0 Å². The van der Waals surface area contributed by atoms with Crippen molar-refractivity contribution in [2.24, 2.45) is 0 Å². The first-order chi connectivity index (χ1) is 36.9. The van der Waals surface area contributed by atoms with E-state index in [9.17, 15) is 0 Å². The van der Waals surface area contributed by atoms with Gasteiger partial charge in [-0.3, -0.25) is 0 Å². The van der Waals surface area contributed by atoms with Gasteiger partial charge < -0.3 is 9.47 Å². The Morgan fingerprint density at radius 2 is 0.737 bits per heavy atom. The van der Waals surface area contributed by atoms with E-state index in [1.165, 1.54) is 136 Å². The van der Waals surface area contributed by atoms with Crippen molar-refractivity contribution in [3.63, 3.8) is 0 Å². The summed E-state index contributed by atoms with van der Waals surface area (Å²) in [6.45, 7) is 20.8. The minimum Gasteiger partial charge on any atom is -0.458 e. The average molecular weight is 995 g/mol. The molecule has 11 aromatic rings. The summed E-state index contributed by atoms with van der Waals surface area (Å²) in [7, 11) is -3.20. The molecule has 4 aliphatic heterocycles. The molecule has 366 valence electrons. The summed E-state index contributed by atoms with van der Waals surface area (Å²) < 4.78 is 14.5. The van der Waals surface area contributed by atoms with Crippen molar-refractivity contribution in [2.75, 3.05) is 0 Å². The molecule has 0 radical (unpaired) electrons. The van der Waals surface area contributed by atoms with Gasteiger partial charge >= 0.3 is 0 Å². The van der Waals surface area contributed by atoms with E-state index in [1.54, 1.807) is 0 Å². The molecular formula is C71H60B2O2Si. The molecule has 0 saturated carbocycles.